The molecule has 0 radical (unpaired) electrons. The molecule has 19 heavy (non-hydrogen) atoms. The normalized spacial score (nSPS) is 11.2. The molecule has 100 valence electrons. The lowest BCUT2D eigenvalue weighted by Crippen LogP contribution is -2.14. The molecule has 2 rings (SSSR count). The van der Waals surface area contributed by atoms with Crippen LogP contribution >= 0.6 is 11.5 Å². The summed E-state index contributed by atoms with van der Waals surface area (Å²) in [5.74, 6) is 0. The van der Waals surface area contributed by atoms with Crippen LogP contribution in [-0.4, -0.2) is 28.1 Å². The molecule has 0 saturated heterocycles. The Bertz CT molecular complexity index is 713. The number of rotatable bonds is 4. The number of anilines is 2. The Morgan fingerprint density at radius 2 is 2.16 bits per heavy atom. The summed E-state index contributed by atoms with van der Waals surface area (Å²) >= 11 is 0.705. The van der Waals surface area contributed by atoms with Crippen LogP contribution in [0.1, 0.15) is 0 Å². The largest absolute Gasteiger partial charge is 0.399 e. The molecule has 1 aromatic heterocycles. The summed E-state index contributed by atoms with van der Waals surface area (Å²) < 4.78 is 29.4. The van der Waals surface area contributed by atoms with Gasteiger partial charge in [-0.1, -0.05) is 9.59 Å². The predicted octanol–water partition coefficient (Wildman–Crippen LogP) is 0.224. The molecule has 0 atom stereocenters. The fourth-order valence-electron chi connectivity index (χ4n) is 1.25. The Balaban J connectivity index is 2.49. The Kier molecular flexibility index (Phi) is 3.26. The molecule has 0 unspecified atom stereocenters. The van der Waals surface area contributed by atoms with Crippen molar-refractivity contribution in [3.63, 3.8) is 0 Å². The monoisotopic (exact) mass is 302 g/mol. The van der Waals surface area contributed by atoms with E-state index in [0.717, 1.165) is 12.1 Å². The van der Waals surface area contributed by atoms with Gasteiger partial charge in [-0.2, -0.15) is 0 Å². The molecule has 0 amide bonds. The van der Waals surface area contributed by atoms with Crippen molar-refractivity contribution in [2.24, 2.45) is 0 Å². The predicted molar refractivity (Wildman–Crippen MR) is 66.0 cm³/mol. The molecule has 0 saturated carbocycles. The van der Waals surface area contributed by atoms with Crippen LogP contribution in [0.4, 0.5) is 16.5 Å². The second-order valence-corrected chi connectivity index (χ2v) is 5.64. The van der Waals surface area contributed by atoms with Gasteiger partial charge in [0.2, 0.25) is 5.13 Å². The summed E-state index contributed by atoms with van der Waals surface area (Å²) in [5.41, 5.74) is 4.86. The summed E-state index contributed by atoms with van der Waals surface area (Å²) in [7, 11) is -4.15. The van der Waals surface area contributed by atoms with Crippen molar-refractivity contribution in [1.82, 2.24) is 14.8 Å². The summed E-state index contributed by atoms with van der Waals surface area (Å²) in [4.78, 5) is 9.50. The standard InChI is InChI=1S/C7H6N6O4S2/c8-4-1-2-6(5(3-4)13(14)15)19(16,17)10-7-9-11-12-18-7/h1-3H,8H2,(H,9,10,12). The van der Waals surface area contributed by atoms with Crippen molar-refractivity contribution in [1.29, 1.82) is 0 Å². The molecule has 0 bridgehead atoms. The van der Waals surface area contributed by atoms with E-state index in [1.807, 2.05) is 4.72 Å². The lowest BCUT2D eigenvalue weighted by atomic mass is 10.3. The van der Waals surface area contributed by atoms with E-state index < -0.39 is 25.5 Å². The molecule has 0 aliphatic heterocycles. The molecular formula is C7H6N6O4S2. The zero-order valence-electron chi connectivity index (χ0n) is 9.05. The highest BCUT2D eigenvalue weighted by atomic mass is 32.2. The first-order valence-electron chi connectivity index (χ1n) is 4.62. The highest BCUT2D eigenvalue weighted by Crippen LogP contribution is 2.27. The maximum atomic E-state index is 12.0. The lowest BCUT2D eigenvalue weighted by molar-refractivity contribution is -0.387. The van der Waals surface area contributed by atoms with Gasteiger partial charge in [0, 0.05) is 23.3 Å². The van der Waals surface area contributed by atoms with Gasteiger partial charge in [-0.15, -0.1) is 0 Å². The first-order valence-corrected chi connectivity index (χ1v) is 6.87. The minimum Gasteiger partial charge on any atom is -0.399 e. The Hall–Kier alpha value is -2.34. The molecule has 1 heterocycles. The third-order valence-electron chi connectivity index (χ3n) is 1.99. The molecular weight excluding hydrogens is 296 g/mol. The fraction of sp³-hybridized carbons (Fsp3) is 0. The average molecular weight is 302 g/mol. The first-order chi connectivity index (χ1) is 8.90. The lowest BCUT2D eigenvalue weighted by Gasteiger charge is -2.05. The highest BCUT2D eigenvalue weighted by molar-refractivity contribution is 7.93. The Labute approximate surface area is 110 Å². The number of nitro groups is 1. The summed E-state index contributed by atoms with van der Waals surface area (Å²) in [5, 5.41) is 17.4. The molecule has 3 N–H and O–H groups in total. The van der Waals surface area contributed by atoms with Crippen molar-refractivity contribution in [3.8, 4) is 0 Å². The number of benzene rings is 1. The van der Waals surface area contributed by atoms with Gasteiger partial charge in [0.1, 0.15) is 0 Å². The van der Waals surface area contributed by atoms with E-state index >= 15 is 0 Å². The molecule has 10 nitrogen and oxygen atoms in total. The maximum Gasteiger partial charge on any atom is 0.291 e. The molecule has 0 spiro atoms. The third-order valence-corrected chi connectivity index (χ3v) is 4.02. The van der Waals surface area contributed by atoms with Gasteiger partial charge < -0.3 is 5.73 Å². The summed E-state index contributed by atoms with van der Waals surface area (Å²) in [6, 6.07) is 3.26. The van der Waals surface area contributed by atoms with Crippen LogP contribution < -0.4 is 10.5 Å². The molecule has 2 aromatic rings. The van der Waals surface area contributed by atoms with Crippen LogP contribution in [0, 0.1) is 10.1 Å². The van der Waals surface area contributed by atoms with Crippen molar-refractivity contribution in [3.05, 3.63) is 28.3 Å². The van der Waals surface area contributed by atoms with E-state index in [9.17, 15) is 18.5 Å². The average Bonchev–Trinajstić information content (AvgIpc) is 2.80. The Morgan fingerprint density at radius 3 is 2.74 bits per heavy atom. The van der Waals surface area contributed by atoms with Gasteiger partial charge in [0.05, 0.1) is 4.92 Å². The van der Waals surface area contributed by atoms with Crippen molar-refractivity contribution < 1.29 is 13.3 Å². The van der Waals surface area contributed by atoms with E-state index in [1.54, 1.807) is 0 Å². The zero-order chi connectivity index (χ0) is 14.0. The Morgan fingerprint density at radius 1 is 1.42 bits per heavy atom. The second-order valence-electron chi connectivity index (χ2n) is 3.26. The third kappa shape index (κ3) is 2.74. The van der Waals surface area contributed by atoms with Crippen LogP contribution in [0.3, 0.4) is 0 Å². The van der Waals surface area contributed by atoms with Crippen molar-refractivity contribution in [2.75, 3.05) is 10.5 Å². The highest BCUT2D eigenvalue weighted by Gasteiger charge is 2.26. The summed E-state index contributed by atoms with van der Waals surface area (Å²) in [6.45, 7) is 0. The van der Waals surface area contributed by atoms with E-state index in [4.69, 9.17) is 5.73 Å². The number of nitrogens with two attached hydrogens (primary N) is 1. The molecule has 0 aliphatic rings. The quantitative estimate of drug-likeness (QED) is 0.462. The van der Waals surface area contributed by atoms with Gasteiger partial charge in [0.25, 0.3) is 15.7 Å². The minimum absolute atomic E-state index is 0.0863. The summed E-state index contributed by atoms with van der Waals surface area (Å²) in [6.07, 6.45) is 0. The van der Waals surface area contributed by atoms with Crippen LogP contribution in [0.25, 0.3) is 0 Å². The van der Waals surface area contributed by atoms with Crippen molar-refractivity contribution >= 4 is 38.1 Å². The number of sulfonamides is 1. The van der Waals surface area contributed by atoms with E-state index in [-0.39, 0.29) is 10.8 Å². The SMILES string of the molecule is Nc1ccc(S(=O)(=O)Nc2nnns2)c([N+](=O)[O-])c1. The number of aromatic nitrogens is 3. The van der Waals surface area contributed by atoms with Gasteiger partial charge in [-0.3, -0.25) is 14.8 Å². The van der Waals surface area contributed by atoms with Gasteiger partial charge >= 0.3 is 0 Å². The smallest absolute Gasteiger partial charge is 0.291 e. The maximum absolute atomic E-state index is 12.0. The van der Waals surface area contributed by atoms with E-state index in [1.165, 1.54) is 6.07 Å². The number of nitro benzene ring substituents is 1. The number of hydrogen-bond donors (Lipinski definition) is 2. The van der Waals surface area contributed by atoms with Gasteiger partial charge in [0.15, 0.2) is 4.90 Å². The molecule has 1 aromatic carbocycles. The number of nitrogens with one attached hydrogen (secondary N) is 1. The first kappa shape index (κ1) is 13.1. The number of hydrogen-bond acceptors (Lipinski definition) is 9. The second kappa shape index (κ2) is 4.74. The van der Waals surface area contributed by atoms with Gasteiger partial charge in [-0.25, -0.2) is 8.42 Å². The van der Waals surface area contributed by atoms with E-state index in [0.29, 0.717) is 11.5 Å². The topological polar surface area (TPSA) is 154 Å². The zero-order valence-corrected chi connectivity index (χ0v) is 10.7. The van der Waals surface area contributed by atoms with Crippen LogP contribution in [0.15, 0.2) is 23.1 Å². The molecule has 12 heteroatoms. The van der Waals surface area contributed by atoms with Crippen molar-refractivity contribution in [2.45, 2.75) is 4.90 Å². The minimum atomic E-state index is -4.15. The number of nitrogens with zero attached hydrogens (tertiary/aromatic N) is 4. The van der Waals surface area contributed by atoms with Crippen LogP contribution in [0.5, 0.6) is 0 Å². The molecule has 0 aliphatic carbocycles. The fourth-order valence-corrected chi connectivity index (χ4v) is 2.99. The molecule has 0 fully saturated rings. The van der Waals surface area contributed by atoms with Crippen LogP contribution in [0.2, 0.25) is 0 Å². The number of nitrogen functional groups attached to an aromatic ring is 1. The van der Waals surface area contributed by atoms with Gasteiger partial charge in [-0.05, 0) is 17.3 Å². The van der Waals surface area contributed by atoms with Crippen LogP contribution in [-0.2, 0) is 10.0 Å². The van der Waals surface area contributed by atoms with E-state index in [2.05, 4.69) is 14.8 Å².